The number of carbonyl (C=O) groups excluding carboxylic acids is 2. The standard InChI is InChI=1S/C45H62N6O12/c1-21-36-24(10-13-32(56)57)41(3,4)28(49-36)18-27-23(9-12-31(54)55)43(6,19-29(46)52)39(48-27)22(2)37-25(11-14-33(58)59)44(7,20-30(47)53)45(8,51-37)40-26(17-35(62)63)42(5,38(21)50-40)16-15-34(60)61/h18,23-26,40,48H,9-17,19-20H2,1-8H3,(H2,46,52)(H2,47,53)(H,54,55)(H,56,57)(H,58,59)(H,60,61)(H,62,63)/b27-18?,36-21?,39-22-/t23-,24-,25-,26+,40?,42-,43+,44+,45+/m1/s1. The van der Waals surface area contributed by atoms with E-state index < -0.39 is 105 Å². The van der Waals surface area contributed by atoms with Gasteiger partial charge in [-0.1, -0.05) is 34.6 Å². The molecule has 8 bridgehead atoms. The van der Waals surface area contributed by atoms with E-state index >= 15 is 0 Å². The highest BCUT2D eigenvalue weighted by Gasteiger charge is 2.66. The Hall–Kier alpha value is -5.68. The van der Waals surface area contributed by atoms with Gasteiger partial charge in [0.1, 0.15) is 0 Å². The maximum Gasteiger partial charge on any atom is 0.303 e. The normalized spacial score (nSPS) is 34.2. The molecular formula is C45H62N6O12. The number of rotatable bonds is 18. The molecule has 10 N–H and O–H groups in total. The Morgan fingerprint density at radius 1 is 0.683 bits per heavy atom. The van der Waals surface area contributed by atoms with Gasteiger partial charge in [-0.2, -0.15) is 0 Å². The summed E-state index contributed by atoms with van der Waals surface area (Å²) in [6.07, 6.45) is -0.470. The lowest BCUT2D eigenvalue weighted by atomic mass is 9.55. The van der Waals surface area contributed by atoms with E-state index in [1.165, 1.54) is 0 Å². The van der Waals surface area contributed by atoms with E-state index in [0.29, 0.717) is 45.4 Å². The van der Waals surface area contributed by atoms with Crippen LogP contribution < -0.4 is 16.8 Å². The second-order valence-electron chi connectivity index (χ2n) is 19.6. The number of nitrogens with two attached hydrogens (primary N) is 2. The minimum atomic E-state index is -1.52. The summed E-state index contributed by atoms with van der Waals surface area (Å²) in [6.45, 7) is 14.4. The number of hydrogen-bond donors (Lipinski definition) is 8. The predicted molar refractivity (Wildman–Crippen MR) is 231 cm³/mol. The number of nitrogens with zero attached hydrogens (tertiary/aromatic N) is 3. The van der Waals surface area contributed by atoms with Crippen LogP contribution in [0.1, 0.15) is 126 Å². The molecule has 344 valence electrons. The molecule has 5 rings (SSSR count). The number of carbonyl (C=O) groups is 7. The first-order valence-electron chi connectivity index (χ1n) is 21.4. The summed E-state index contributed by atoms with van der Waals surface area (Å²) in [7, 11) is 0. The van der Waals surface area contributed by atoms with Crippen LogP contribution in [0.3, 0.4) is 0 Å². The van der Waals surface area contributed by atoms with Crippen molar-refractivity contribution < 1.29 is 59.1 Å². The second-order valence-corrected chi connectivity index (χ2v) is 19.6. The molecule has 0 saturated carbocycles. The molecule has 5 heterocycles. The van der Waals surface area contributed by atoms with Crippen LogP contribution in [0.2, 0.25) is 0 Å². The zero-order valence-electron chi connectivity index (χ0n) is 37.3. The minimum Gasteiger partial charge on any atom is -0.481 e. The van der Waals surface area contributed by atoms with Crippen LogP contribution in [0, 0.1) is 45.3 Å². The first-order chi connectivity index (χ1) is 29.0. The van der Waals surface area contributed by atoms with E-state index in [1.54, 1.807) is 47.6 Å². The highest BCUT2D eigenvalue weighted by atomic mass is 16.4. The number of allylic oxidation sites excluding steroid dienone is 6. The van der Waals surface area contributed by atoms with Crippen molar-refractivity contribution in [2.24, 2.45) is 71.8 Å². The van der Waals surface area contributed by atoms with Gasteiger partial charge in [0.2, 0.25) is 11.8 Å². The first-order valence-corrected chi connectivity index (χ1v) is 21.4. The molecule has 0 radical (unpaired) electrons. The molecule has 0 spiro atoms. The lowest BCUT2D eigenvalue weighted by Gasteiger charge is -2.48. The fourth-order valence-electron chi connectivity index (χ4n) is 11.8. The Morgan fingerprint density at radius 3 is 1.71 bits per heavy atom. The SMILES string of the molecule is CC1=C2N=C(C=C3N/C(=C(/C)C4=N[C@@](C)(C5N=C1[C@](C)(CCC(=O)O)[C@H]5CC(=O)O)[C@@](C)(CC(N)=O)[C@@H]4CCC(=O)O)[C@@](C)(CC(N)=O)[C@@H]3CCC(=O)O)C(C)(C)[C@@H]2CCC(=O)O. The molecule has 0 aromatic carbocycles. The fourth-order valence-corrected chi connectivity index (χ4v) is 11.8. The van der Waals surface area contributed by atoms with E-state index in [-0.39, 0.29) is 64.2 Å². The van der Waals surface area contributed by atoms with Crippen molar-refractivity contribution in [1.82, 2.24) is 5.32 Å². The molecule has 5 aliphatic rings. The van der Waals surface area contributed by atoms with Crippen molar-refractivity contribution in [3.05, 3.63) is 34.3 Å². The van der Waals surface area contributed by atoms with Gasteiger partial charge in [0.25, 0.3) is 0 Å². The molecule has 1 fully saturated rings. The number of nitrogens with one attached hydrogen (secondary N) is 1. The van der Waals surface area contributed by atoms with Crippen molar-refractivity contribution >= 4 is 58.8 Å². The van der Waals surface area contributed by atoms with Crippen molar-refractivity contribution in [2.75, 3.05) is 0 Å². The lowest BCUT2D eigenvalue weighted by Crippen LogP contribution is -2.55. The number of aliphatic carboxylic acids is 5. The average molecular weight is 879 g/mol. The van der Waals surface area contributed by atoms with Crippen molar-refractivity contribution in [3.8, 4) is 0 Å². The number of hydrogen-bond acceptors (Lipinski definition) is 11. The van der Waals surface area contributed by atoms with Gasteiger partial charge in [-0.15, -0.1) is 0 Å². The molecule has 18 nitrogen and oxygen atoms in total. The van der Waals surface area contributed by atoms with Crippen LogP contribution in [-0.2, 0) is 33.6 Å². The van der Waals surface area contributed by atoms with Crippen LogP contribution in [0.4, 0.5) is 0 Å². The molecule has 9 atom stereocenters. The van der Waals surface area contributed by atoms with E-state index in [0.717, 1.165) is 0 Å². The van der Waals surface area contributed by atoms with Gasteiger partial charge in [0.05, 0.1) is 18.0 Å². The summed E-state index contributed by atoms with van der Waals surface area (Å²) >= 11 is 0. The topological polar surface area (TPSA) is 322 Å². The molecule has 0 aliphatic carbocycles. The van der Waals surface area contributed by atoms with Crippen molar-refractivity contribution in [2.45, 2.75) is 138 Å². The van der Waals surface area contributed by atoms with Gasteiger partial charge in [-0.25, -0.2) is 0 Å². The molecular weight excluding hydrogens is 817 g/mol. The predicted octanol–water partition coefficient (Wildman–Crippen LogP) is 4.72. The van der Waals surface area contributed by atoms with Gasteiger partial charge >= 0.3 is 29.8 Å². The highest BCUT2D eigenvalue weighted by molar-refractivity contribution is 6.10. The third-order valence-corrected chi connectivity index (χ3v) is 15.3. The highest BCUT2D eigenvalue weighted by Crippen LogP contribution is 2.62. The zero-order chi connectivity index (χ0) is 47.4. The third kappa shape index (κ3) is 8.56. The molecule has 0 aromatic heterocycles. The molecule has 0 aromatic rings. The Morgan fingerprint density at radius 2 is 1.21 bits per heavy atom. The lowest BCUT2D eigenvalue weighted by molar-refractivity contribution is -0.140. The summed E-state index contributed by atoms with van der Waals surface area (Å²) in [4.78, 5) is 104. The number of fused-ring (bicyclic) bond motifs is 6. The van der Waals surface area contributed by atoms with Gasteiger partial charge in [0, 0.05) is 118 Å². The molecule has 18 heteroatoms. The third-order valence-electron chi connectivity index (χ3n) is 15.3. The Labute approximate surface area is 366 Å². The van der Waals surface area contributed by atoms with Gasteiger partial charge in [0.15, 0.2) is 0 Å². The maximum atomic E-state index is 13.3. The Kier molecular flexibility index (Phi) is 13.1. The van der Waals surface area contributed by atoms with Crippen LogP contribution in [0.5, 0.6) is 0 Å². The van der Waals surface area contributed by atoms with Crippen LogP contribution in [-0.4, -0.2) is 95.9 Å². The van der Waals surface area contributed by atoms with Gasteiger partial charge in [-0.3, -0.25) is 48.5 Å². The van der Waals surface area contributed by atoms with E-state index in [1.807, 2.05) is 13.8 Å². The summed E-state index contributed by atoms with van der Waals surface area (Å²) in [5, 5.41) is 54.2. The number of primary amides is 2. The summed E-state index contributed by atoms with van der Waals surface area (Å²) in [5.41, 5.74) is 9.44. The van der Waals surface area contributed by atoms with Crippen molar-refractivity contribution in [3.63, 3.8) is 0 Å². The molecule has 5 aliphatic heterocycles. The summed E-state index contributed by atoms with van der Waals surface area (Å²) in [5.74, 6) is -10.0. The van der Waals surface area contributed by atoms with E-state index in [2.05, 4.69) is 5.32 Å². The molecule has 63 heavy (non-hydrogen) atoms. The first kappa shape index (κ1) is 48.4. The quantitative estimate of drug-likeness (QED) is 0.0925. The molecule has 1 saturated heterocycles. The largest absolute Gasteiger partial charge is 0.481 e. The number of carboxylic acids is 5. The van der Waals surface area contributed by atoms with Crippen molar-refractivity contribution in [1.29, 1.82) is 0 Å². The van der Waals surface area contributed by atoms with Gasteiger partial charge < -0.3 is 42.3 Å². The van der Waals surface area contributed by atoms with E-state index in [9.17, 15) is 59.1 Å². The number of amides is 2. The smallest absolute Gasteiger partial charge is 0.303 e. The molecule has 1 unspecified atom stereocenters. The fraction of sp³-hybridized carbons (Fsp3) is 0.644. The Bertz CT molecular complexity index is 2220. The van der Waals surface area contributed by atoms with Crippen LogP contribution in [0.15, 0.2) is 49.3 Å². The zero-order valence-corrected chi connectivity index (χ0v) is 37.3. The van der Waals surface area contributed by atoms with Crippen LogP contribution in [0.25, 0.3) is 0 Å². The summed E-state index contributed by atoms with van der Waals surface area (Å²) in [6, 6.07) is -1.07. The van der Waals surface area contributed by atoms with Crippen LogP contribution >= 0.6 is 0 Å². The molecule has 2 amide bonds. The summed E-state index contributed by atoms with van der Waals surface area (Å²) < 4.78 is 0. The minimum absolute atomic E-state index is 0.0433. The monoisotopic (exact) mass is 878 g/mol. The van der Waals surface area contributed by atoms with E-state index in [4.69, 9.17) is 26.4 Å². The maximum absolute atomic E-state index is 13.3. The number of aliphatic imine (C=N–C) groups is 3. The average Bonchev–Trinajstić information content (AvgIpc) is 3.75. The second kappa shape index (κ2) is 17.1. The Balaban J connectivity index is 2.03. The number of carboxylic acid groups (broad SMARTS) is 5. The van der Waals surface area contributed by atoms with Gasteiger partial charge in [-0.05, 0) is 63.7 Å².